The first-order valence-corrected chi connectivity index (χ1v) is 5.09. The average Bonchev–Trinajstić information content (AvgIpc) is 2.05. The Labute approximate surface area is 88.0 Å². The van der Waals surface area contributed by atoms with Gasteiger partial charge in [-0.25, -0.2) is 0 Å². The number of likely N-dealkylation sites (tertiary alicyclic amines) is 1. The van der Waals surface area contributed by atoms with Crippen molar-refractivity contribution in [2.45, 2.75) is 33.1 Å². The number of nitrogens with zero attached hydrogens (tertiary/aromatic N) is 1. The van der Waals surface area contributed by atoms with Crippen molar-refractivity contribution in [1.82, 2.24) is 4.90 Å². The first kappa shape index (κ1) is 13.2. The van der Waals surface area contributed by atoms with E-state index in [2.05, 4.69) is 18.7 Å². The van der Waals surface area contributed by atoms with E-state index in [1.807, 2.05) is 0 Å². The van der Waals surface area contributed by atoms with Gasteiger partial charge in [0.1, 0.15) is 0 Å². The Balaban J connectivity index is 0.00000144. The van der Waals surface area contributed by atoms with Crippen LogP contribution in [0.2, 0.25) is 0 Å². The number of hydrogen-bond acceptors (Lipinski definition) is 2. The minimum Gasteiger partial charge on any atom is -0.366 e. The minimum atomic E-state index is 0. The van der Waals surface area contributed by atoms with Gasteiger partial charge in [0.05, 0.1) is 13.3 Å². The van der Waals surface area contributed by atoms with Gasteiger partial charge in [-0.3, -0.25) is 4.90 Å². The van der Waals surface area contributed by atoms with Crippen molar-refractivity contribution < 1.29 is 4.74 Å². The zero-order chi connectivity index (χ0) is 8.81. The molecule has 0 spiro atoms. The summed E-state index contributed by atoms with van der Waals surface area (Å²) in [6.45, 7) is 8.59. The van der Waals surface area contributed by atoms with E-state index in [4.69, 9.17) is 4.74 Å². The molecule has 0 saturated carbocycles. The van der Waals surface area contributed by atoms with Crippen molar-refractivity contribution in [3.05, 3.63) is 0 Å². The van der Waals surface area contributed by atoms with Crippen LogP contribution in [-0.2, 0) is 4.74 Å². The summed E-state index contributed by atoms with van der Waals surface area (Å²) in [5.41, 5.74) is 0. The number of hydrogen-bond donors (Lipinski definition) is 0. The standard InChI is InChI=1S/C10H21NO.ClH/c1-10(2)8-12-9-11-6-4-3-5-7-11;/h10H,3-9H2,1-2H3;1H. The molecular weight excluding hydrogens is 186 g/mol. The van der Waals surface area contributed by atoms with E-state index in [1.54, 1.807) is 0 Å². The van der Waals surface area contributed by atoms with Crippen molar-refractivity contribution in [1.29, 1.82) is 0 Å². The number of halogens is 1. The second-order valence-electron chi connectivity index (χ2n) is 4.07. The maximum absolute atomic E-state index is 5.56. The van der Waals surface area contributed by atoms with Crippen molar-refractivity contribution in [2.24, 2.45) is 5.92 Å². The van der Waals surface area contributed by atoms with Gasteiger partial charge in [-0.15, -0.1) is 12.4 Å². The fourth-order valence-electron chi connectivity index (χ4n) is 1.51. The van der Waals surface area contributed by atoms with Gasteiger partial charge in [0.25, 0.3) is 0 Å². The molecule has 80 valence electrons. The maximum Gasteiger partial charge on any atom is 0.0990 e. The lowest BCUT2D eigenvalue weighted by molar-refractivity contribution is 0.00746. The molecule has 0 aromatic rings. The van der Waals surface area contributed by atoms with Gasteiger partial charge in [-0.2, -0.15) is 0 Å². The molecular formula is C10H22ClNO. The maximum atomic E-state index is 5.56. The monoisotopic (exact) mass is 207 g/mol. The summed E-state index contributed by atoms with van der Waals surface area (Å²) in [4.78, 5) is 2.41. The Hall–Kier alpha value is 0.210. The highest BCUT2D eigenvalue weighted by atomic mass is 35.5. The molecule has 0 atom stereocenters. The SMILES string of the molecule is CC(C)COCN1CCCCC1.Cl. The quantitative estimate of drug-likeness (QED) is 0.703. The van der Waals surface area contributed by atoms with E-state index < -0.39 is 0 Å². The Morgan fingerprint density at radius 1 is 1.15 bits per heavy atom. The predicted molar refractivity (Wildman–Crippen MR) is 58.3 cm³/mol. The van der Waals surface area contributed by atoms with Crippen LogP contribution in [0.25, 0.3) is 0 Å². The molecule has 1 rings (SSSR count). The summed E-state index contributed by atoms with van der Waals surface area (Å²) in [6.07, 6.45) is 4.11. The second kappa shape index (κ2) is 7.60. The second-order valence-corrected chi connectivity index (χ2v) is 4.07. The zero-order valence-corrected chi connectivity index (χ0v) is 9.61. The van der Waals surface area contributed by atoms with Crippen molar-refractivity contribution in [3.63, 3.8) is 0 Å². The fraction of sp³-hybridized carbons (Fsp3) is 1.00. The van der Waals surface area contributed by atoms with Gasteiger partial charge in [-0.05, 0) is 18.8 Å². The molecule has 1 fully saturated rings. The van der Waals surface area contributed by atoms with E-state index in [0.717, 1.165) is 13.3 Å². The fourth-order valence-corrected chi connectivity index (χ4v) is 1.51. The third-order valence-electron chi connectivity index (χ3n) is 2.17. The summed E-state index contributed by atoms with van der Waals surface area (Å²) in [7, 11) is 0. The van der Waals surface area contributed by atoms with Crippen molar-refractivity contribution in [2.75, 3.05) is 26.4 Å². The summed E-state index contributed by atoms with van der Waals surface area (Å²) in [5.74, 6) is 0.662. The van der Waals surface area contributed by atoms with Crippen LogP contribution in [-0.4, -0.2) is 31.3 Å². The average molecular weight is 208 g/mol. The molecule has 0 N–H and O–H groups in total. The van der Waals surface area contributed by atoms with Gasteiger partial charge in [0.2, 0.25) is 0 Å². The zero-order valence-electron chi connectivity index (χ0n) is 8.79. The molecule has 2 nitrogen and oxygen atoms in total. The van der Waals surface area contributed by atoms with Crippen LogP contribution in [0.5, 0.6) is 0 Å². The van der Waals surface area contributed by atoms with Gasteiger partial charge >= 0.3 is 0 Å². The van der Waals surface area contributed by atoms with E-state index in [9.17, 15) is 0 Å². The summed E-state index contributed by atoms with van der Waals surface area (Å²) in [5, 5.41) is 0. The smallest absolute Gasteiger partial charge is 0.0990 e. The van der Waals surface area contributed by atoms with Crippen LogP contribution < -0.4 is 0 Å². The molecule has 0 bridgehead atoms. The van der Waals surface area contributed by atoms with Crippen LogP contribution in [0.4, 0.5) is 0 Å². The Morgan fingerprint density at radius 2 is 1.77 bits per heavy atom. The van der Waals surface area contributed by atoms with Crippen molar-refractivity contribution >= 4 is 12.4 Å². The molecule has 1 saturated heterocycles. The lowest BCUT2D eigenvalue weighted by Gasteiger charge is -2.26. The van der Waals surface area contributed by atoms with Gasteiger partial charge < -0.3 is 4.74 Å². The van der Waals surface area contributed by atoms with E-state index >= 15 is 0 Å². The molecule has 0 aromatic carbocycles. The highest BCUT2D eigenvalue weighted by Crippen LogP contribution is 2.08. The Kier molecular flexibility index (Phi) is 7.72. The van der Waals surface area contributed by atoms with Crippen LogP contribution in [0.3, 0.4) is 0 Å². The third kappa shape index (κ3) is 6.30. The summed E-state index contributed by atoms with van der Waals surface area (Å²) in [6, 6.07) is 0. The number of piperidine rings is 1. The van der Waals surface area contributed by atoms with Crippen molar-refractivity contribution in [3.8, 4) is 0 Å². The number of rotatable bonds is 4. The first-order chi connectivity index (χ1) is 5.79. The van der Waals surface area contributed by atoms with Gasteiger partial charge in [0, 0.05) is 13.1 Å². The largest absolute Gasteiger partial charge is 0.366 e. The highest BCUT2D eigenvalue weighted by molar-refractivity contribution is 5.85. The van der Waals surface area contributed by atoms with Crippen LogP contribution in [0.15, 0.2) is 0 Å². The Morgan fingerprint density at radius 3 is 2.31 bits per heavy atom. The highest BCUT2D eigenvalue weighted by Gasteiger charge is 2.09. The van der Waals surface area contributed by atoms with Crippen LogP contribution in [0.1, 0.15) is 33.1 Å². The molecule has 1 aliphatic heterocycles. The molecule has 0 unspecified atom stereocenters. The van der Waals surface area contributed by atoms with Gasteiger partial charge in [-0.1, -0.05) is 20.3 Å². The molecule has 1 heterocycles. The van der Waals surface area contributed by atoms with E-state index in [1.165, 1.54) is 32.4 Å². The topological polar surface area (TPSA) is 12.5 Å². The summed E-state index contributed by atoms with van der Waals surface area (Å²) >= 11 is 0. The molecule has 0 aliphatic carbocycles. The minimum absolute atomic E-state index is 0. The van der Waals surface area contributed by atoms with Crippen LogP contribution >= 0.6 is 12.4 Å². The van der Waals surface area contributed by atoms with E-state index in [-0.39, 0.29) is 12.4 Å². The molecule has 0 radical (unpaired) electrons. The number of ether oxygens (including phenoxy) is 1. The normalized spacial score (nSPS) is 18.7. The van der Waals surface area contributed by atoms with Gasteiger partial charge in [0.15, 0.2) is 0 Å². The molecule has 13 heavy (non-hydrogen) atoms. The lowest BCUT2D eigenvalue weighted by Crippen LogP contribution is -2.32. The summed E-state index contributed by atoms with van der Waals surface area (Å²) < 4.78 is 5.56. The van der Waals surface area contributed by atoms with E-state index in [0.29, 0.717) is 5.92 Å². The molecule has 3 heteroatoms. The third-order valence-corrected chi connectivity index (χ3v) is 2.17. The molecule has 0 amide bonds. The lowest BCUT2D eigenvalue weighted by atomic mass is 10.1. The molecule has 0 aromatic heterocycles. The first-order valence-electron chi connectivity index (χ1n) is 5.09. The molecule has 1 aliphatic rings. The van der Waals surface area contributed by atoms with Crippen LogP contribution in [0, 0.1) is 5.92 Å². The predicted octanol–water partition coefficient (Wildman–Crippen LogP) is 2.52. The Bertz CT molecular complexity index is 113.